The van der Waals surface area contributed by atoms with Gasteiger partial charge < -0.3 is 5.32 Å². The molecule has 43 valence electrons. The summed E-state index contributed by atoms with van der Waals surface area (Å²) in [6, 6.07) is 0. The van der Waals surface area contributed by atoms with Gasteiger partial charge in [0.25, 0.3) is 0 Å². The molecule has 1 nitrogen and oxygen atoms in total. The first-order chi connectivity index (χ1) is 3.00. The Morgan fingerprint density at radius 1 is 0.857 bits per heavy atom. The van der Waals surface area contributed by atoms with Crippen LogP contribution >= 0.6 is 0 Å². The van der Waals surface area contributed by atoms with Crippen LogP contribution in [-0.4, -0.2) is 13.1 Å². The van der Waals surface area contributed by atoms with Gasteiger partial charge in [-0.1, -0.05) is 6.42 Å². The van der Waals surface area contributed by atoms with Crippen LogP contribution in [0.25, 0.3) is 0 Å². The van der Waals surface area contributed by atoms with Crippen molar-refractivity contribution in [3.05, 3.63) is 0 Å². The van der Waals surface area contributed by atoms with E-state index in [-0.39, 0.29) is 20.4 Å². The predicted molar refractivity (Wildman–Crippen MR) is 26.7 cm³/mol. The third-order valence-electron chi connectivity index (χ3n) is 1.21. The molecule has 1 fully saturated rings. The van der Waals surface area contributed by atoms with Gasteiger partial charge in [0.15, 0.2) is 0 Å². The Morgan fingerprint density at radius 3 is 1.57 bits per heavy atom. The van der Waals surface area contributed by atoms with Crippen molar-refractivity contribution < 1.29 is 20.4 Å². The van der Waals surface area contributed by atoms with Crippen molar-refractivity contribution >= 4 is 0 Å². The van der Waals surface area contributed by atoms with Crippen LogP contribution in [0.2, 0.25) is 0 Å². The van der Waals surface area contributed by atoms with E-state index >= 15 is 0 Å². The standard InChI is InChI=1S/C5H11N.Re/c1-2-4-6-5-3-1;/h6H,1-5H2;. The van der Waals surface area contributed by atoms with E-state index in [1.54, 1.807) is 0 Å². The maximum atomic E-state index is 3.28. The minimum atomic E-state index is 0. The molecule has 7 heavy (non-hydrogen) atoms. The van der Waals surface area contributed by atoms with Crippen LogP contribution in [0.1, 0.15) is 19.3 Å². The molecule has 1 N–H and O–H groups in total. The van der Waals surface area contributed by atoms with Crippen molar-refractivity contribution in [1.82, 2.24) is 5.32 Å². The second-order valence-electron chi connectivity index (χ2n) is 1.81. The second kappa shape index (κ2) is 4.77. The van der Waals surface area contributed by atoms with Gasteiger partial charge in [0.05, 0.1) is 0 Å². The number of piperidine rings is 1. The summed E-state index contributed by atoms with van der Waals surface area (Å²) >= 11 is 0. The first-order valence-electron chi connectivity index (χ1n) is 2.71. The average Bonchev–Trinajstić information content (AvgIpc) is 1.72. The first-order valence-corrected chi connectivity index (χ1v) is 2.71. The molecule has 0 bridgehead atoms. The Hall–Kier alpha value is 0.622. The fourth-order valence-electron chi connectivity index (χ4n) is 0.802. The number of rotatable bonds is 0. The van der Waals surface area contributed by atoms with Crippen molar-refractivity contribution in [1.29, 1.82) is 0 Å². The summed E-state index contributed by atoms with van der Waals surface area (Å²) in [6.07, 6.45) is 4.22. The first kappa shape index (κ1) is 7.62. The van der Waals surface area contributed by atoms with Crippen molar-refractivity contribution in [2.45, 2.75) is 19.3 Å². The van der Waals surface area contributed by atoms with Crippen molar-refractivity contribution in [2.24, 2.45) is 0 Å². The van der Waals surface area contributed by atoms with Crippen LogP contribution in [0.3, 0.4) is 0 Å². The van der Waals surface area contributed by atoms with Crippen LogP contribution in [-0.2, 0) is 20.4 Å². The zero-order valence-corrected chi connectivity index (χ0v) is 7.13. The molecule has 0 amide bonds. The van der Waals surface area contributed by atoms with Gasteiger partial charge in [-0.3, -0.25) is 0 Å². The number of hydrogen-bond acceptors (Lipinski definition) is 1. The Bertz CT molecular complexity index is 23.6. The molecule has 0 atom stereocenters. The molecule has 1 rings (SSSR count). The van der Waals surface area contributed by atoms with Gasteiger partial charge in [-0.15, -0.1) is 0 Å². The van der Waals surface area contributed by atoms with E-state index in [9.17, 15) is 0 Å². The molecule has 0 aromatic heterocycles. The SMILES string of the molecule is C1CCNCC1.[Re]. The molecule has 1 heterocycles. The average molecular weight is 271 g/mol. The summed E-state index contributed by atoms with van der Waals surface area (Å²) in [4.78, 5) is 0. The van der Waals surface area contributed by atoms with Crippen LogP contribution < -0.4 is 5.32 Å². The molecule has 0 saturated carbocycles. The van der Waals surface area contributed by atoms with E-state index < -0.39 is 0 Å². The van der Waals surface area contributed by atoms with E-state index in [2.05, 4.69) is 5.32 Å². The molecule has 1 saturated heterocycles. The Morgan fingerprint density at radius 2 is 1.43 bits per heavy atom. The van der Waals surface area contributed by atoms with Crippen molar-refractivity contribution in [3.8, 4) is 0 Å². The fourth-order valence-corrected chi connectivity index (χ4v) is 0.802. The molecule has 0 aromatic rings. The van der Waals surface area contributed by atoms with Crippen molar-refractivity contribution in [2.75, 3.05) is 13.1 Å². The fraction of sp³-hybridized carbons (Fsp3) is 1.00. The Labute approximate surface area is 58.5 Å². The summed E-state index contributed by atoms with van der Waals surface area (Å²) in [7, 11) is 0. The van der Waals surface area contributed by atoms with Crippen LogP contribution in [0.4, 0.5) is 0 Å². The quantitative estimate of drug-likeness (QED) is 0.686. The third kappa shape index (κ3) is 3.23. The van der Waals surface area contributed by atoms with Gasteiger partial charge in [-0.05, 0) is 25.9 Å². The molecule has 1 aliphatic rings. The minimum absolute atomic E-state index is 0. The molecule has 1 aliphatic heterocycles. The minimum Gasteiger partial charge on any atom is -0.317 e. The molecule has 2 heteroatoms. The van der Waals surface area contributed by atoms with Gasteiger partial charge >= 0.3 is 0 Å². The zero-order valence-electron chi connectivity index (χ0n) is 4.41. The Balaban J connectivity index is 0.000000360. The van der Waals surface area contributed by atoms with E-state index in [0.717, 1.165) is 0 Å². The maximum Gasteiger partial charge on any atom is 0 e. The van der Waals surface area contributed by atoms with Crippen LogP contribution in [0, 0.1) is 0 Å². The topological polar surface area (TPSA) is 12.0 Å². The molecular formula is C5H11NRe. The molecule has 1 radical (unpaired) electrons. The second-order valence-corrected chi connectivity index (χ2v) is 1.81. The molecular weight excluding hydrogens is 260 g/mol. The number of hydrogen-bond donors (Lipinski definition) is 1. The van der Waals surface area contributed by atoms with E-state index in [1.165, 1.54) is 32.4 Å². The largest absolute Gasteiger partial charge is 0.317 e. The van der Waals surface area contributed by atoms with Crippen LogP contribution in [0.15, 0.2) is 0 Å². The molecule has 0 aromatic carbocycles. The van der Waals surface area contributed by atoms with Gasteiger partial charge in [0, 0.05) is 20.4 Å². The molecule has 0 spiro atoms. The van der Waals surface area contributed by atoms with E-state index in [1.807, 2.05) is 0 Å². The Kier molecular flexibility index (Phi) is 5.20. The molecule has 0 aliphatic carbocycles. The summed E-state index contributed by atoms with van der Waals surface area (Å²) in [5.74, 6) is 0. The smallest absolute Gasteiger partial charge is 0 e. The summed E-state index contributed by atoms with van der Waals surface area (Å²) in [6.45, 7) is 2.50. The summed E-state index contributed by atoms with van der Waals surface area (Å²) in [5, 5.41) is 3.28. The van der Waals surface area contributed by atoms with Crippen LogP contribution in [0.5, 0.6) is 0 Å². The van der Waals surface area contributed by atoms with Gasteiger partial charge in [0.1, 0.15) is 0 Å². The van der Waals surface area contributed by atoms with Crippen molar-refractivity contribution in [3.63, 3.8) is 0 Å². The number of nitrogens with one attached hydrogen (secondary N) is 1. The summed E-state index contributed by atoms with van der Waals surface area (Å²) in [5.41, 5.74) is 0. The monoisotopic (exact) mass is 272 g/mol. The van der Waals surface area contributed by atoms with Gasteiger partial charge in [0.2, 0.25) is 0 Å². The summed E-state index contributed by atoms with van der Waals surface area (Å²) < 4.78 is 0. The third-order valence-corrected chi connectivity index (χ3v) is 1.21. The molecule has 0 unspecified atom stereocenters. The van der Waals surface area contributed by atoms with E-state index in [0.29, 0.717) is 0 Å². The van der Waals surface area contributed by atoms with Gasteiger partial charge in [-0.2, -0.15) is 0 Å². The maximum absolute atomic E-state index is 3.28. The van der Waals surface area contributed by atoms with E-state index in [4.69, 9.17) is 0 Å². The zero-order chi connectivity index (χ0) is 4.24. The predicted octanol–water partition coefficient (Wildman–Crippen LogP) is 0.757. The van der Waals surface area contributed by atoms with Gasteiger partial charge in [-0.25, -0.2) is 0 Å². The normalized spacial score (nSPS) is 20.6.